The van der Waals surface area contributed by atoms with Crippen LogP contribution in [0.2, 0.25) is 0 Å². The Morgan fingerprint density at radius 2 is 2.07 bits per heavy atom. The molecule has 2 aliphatic rings. The molecule has 2 amide bonds. The molecule has 0 aromatic heterocycles. The van der Waals surface area contributed by atoms with Gasteiger partial charge in [0.2, 0.25) is 12.2 Å². The molecule has 0 bridgehead atoms. The number of amides is 2. The molecule has 0 saturated carbocycles. The van der Waals surface area contributed by atoms with E-state index in [2.05, 4.69) is 10.5 Å². The third-order valence-electron chi connectivity index (χ3n) is 4.77. The van der Waals surface area contributed by atoms with Crippen LogP contribution in [0.5, 0.6) is 0 Å². The van der Waals surface area contributed by atoms with Crippen LogP contribution in [0.3, 0.4) is 0 Å². The van der Waals surface area contributed by atoms with Gasteiger partial charge in [-0.05, 0) is 19.1 Å². The second-order valence-corrected chi connectivity index (χ2v) is 6.86. The number of hydrogen-bond acceptors (Lipinski definition) is 8. The van der Waals surface area contributed by atoms with Crippen molar-refractivity contribution in [1.29, 1.82) is 0 Å². The Bertz CT molecular complexity index is 812. The summed E-state index contributed by atoms with van der Waals surface area (Å²) < 4.78 is 5.44. The quantitative estimate of drug-likeness (QED) is 0.463. The molecule has 5 atom stereocenters. The number of carbonyl (C=O) groups excluding carboxylic acids is 2. The van der Waals surface area contributed by atoms with Gasteiger partial charge in [-0.15, -0.1) is 0 Å². The minimum absolute atomic E-state index is 0.0486. The van der Waals surface area contributed by atoms with Crippen molar-refractivity contribution in [3.63, 3.8) is 0 Å². The van der Waals surface area contributed by atoms with E-state index in [1.54, 1.807) is 19.2 Å². The molecule has 1 aromatic carbocycles. The molecule has 1 aromatic rings. The Labute approximate surface area is 161 Å². The van der Waals surface area contributed by atoms with Gasteiger partial charge in [0.15, 0.2) is 5.71 Å². The summed E-state index contributed by atoms with van der Waals surface area (Å²) in [6.45, 7) is 2.53. The number of aliphatic hydroxyl groups is 3. The minimum atomic E-state index is -1.46. The second kappa shape index (κ2) is 7.84. The molecule has 3 rings (SSSR count). The average Bonchev–Trinajstić information content (AvgIpc) is 2.88. The molecule has 28 heavy (non-hydrogen) atoms. The van der Waals surface area contributed by atoms with Gasteiger partial charge in [-0.1, -0.05) is 16.8 Å². The third-order valence-corrected chi connectivity index (χ3v) is 4.77. The maximum Gasteiger partial charge on any atom is 0.280 e. The van der Waals surface area contributed by atoms with E-state index >= 15 is 0 Å². The summed E-state index contributed by atoms with van der Waals surface area (Å²) in [7, 11) is 1.61. The Balaban J connectivity index is 1.89. The number of ether oxygens (including phenoxy) is 1. The van der Waals surface area contributed by atoms with E-state index in [0.717, 1.165) is 5.56 Å². The minimum Gasteiger partial charge on any atom is -0.394 e. The highest BCUT2D eigenvalue weighted by Crippen LogP contribution is 2.30. The van der Waals surface area contributed by atoms with Gasteiger partial charge in [0.1, 0.15) is 24.4 Å². The van der Waals surface area contributed by atoms with E-state index in [4.69, 9.17) is 9.57 Å². The Morgan fingerprint density at radius 1 is 1.36 bits per heavy atom. The van der Waals surface area contributed by atoms with Gasteiger partial charge in [-0.25, -0.2) is 0 Å². The molecule has 0 radical (unpaired) electrons. The number of nitrogens with zero attached hydrogens (tertiary/aromatic N) is 2. The van der Waals surface area contributed by atoms with Crippen LogP contribution in [0.1, 0.15) is 18.1 Å². The van der Waals surface area contributed by atoms with Crippen molar-refractivity contribution in [2.45, 2.75) is 44.5 Å². The van der Waals surface area contributed by atoms with Crippen molar-refractivity contribution in [3.8, 4) is 0 Å². The number of fused-ring (bicyclic) bond motifs is 1. The molecule has 2 aliphatic heterocycles. The zero-order chi connectivity index (χ0) is 20.6. The van der Waals surface area contributed by atoms with Crippen molar-refractivity contribution >= 4 is 23.2 Å². The van der Waals surface area contributed by atoms with Gasteiger partial charge >= 0.3 is 0 Å². The highest BCUT2D eigenvalue weighted by molar-refractivity contribution is 6.54. The van der Waals surface area contributed by atoms with E-state index in [9.17, 15) is 24.9 Å². The maximum atomic E-state index is 12.5. The first-order chi connectivity index (χ1) is 13.2. The van der Waals surface area contributed by atoms with Crippen LogP contribution in [-0.4, -0.2) is 77.1 Å². The molecule has 10 heteroatoms. The topological polar surface area (TPSA) is 141 Å². The Kier molecular flexibility index (Phi) is 5.66. The number of hydrogen-bond donors (Lipinski definition) is 4. The zero-order valence-electron chi connectivity index (χ0n) is 15.7. The molecule has 1 saturated heterocycles. The van der Waals surface area contributed by atoms with Crippen LogP contribution in [0.4, 0.5) is 5.69 Å². The standard InChI is InChI=1S/C18H23N3O7/c1-8-4-5-11-10(6-8)13(17(26)21(11)3)20-28-18-14(19-9(2)23)16(25)15(24)12(7-22)27-18/h4-6,12,14-16,18,22,24-25H,7H2,1-3H3,(H,19,23)/b20-13-/t12-,14+,15-,16+,18+/m1/s1. The first kappa shape index (κ1) is 20.2. The van der Waals surface area contributed by atoms with E-state index < -0.39 is 43.2 Å². The fourth-order valence-corrected chi connectivity index (χ4v) is 3.27. The van der Waals surface area contributed by atoms with Crippen LogP contribution in [0.25, 0.3) is 0 Å². The number of rotatable bonds is 4. The SMILES string of the molecule is CC(=O)N[C@@H]1[C@H](O/N=C2\C(=O)N(C)c3ccc(C)cc32)O[C@H](CO)[C@@H](O)[C@H]1O. The summed E-state index contributed by atoms with van der Waals surface area (Å²) in [6, 6.07) is 4.31. The van der Waals surface area contributed by atoms with Gasteiger partial charge in [-0.2, -0.15) is 0 Å². The van der Waals surface area contributed by atoms with Gasteiger partial charge in [0, 0.05) is 19.5 Å². The lowest BCUT2D eigenvalue weighted by molar-refractivity contribution is -0.270. The molecule has 10 nitrogen and oxygen atoms in total. The zero-order valence-corrected chi connectivity index (χ0v) is 15.7. The normalized spacial score (nSPS) is 31.1. The second-order valence-electron chi connectivity index (χ2n) is 6.86. The molecule has 0 unspecified atom stereocenters. The van der Waals surface area contributed by atoms with Crippen molar-refractivity contribution in [3.05, 3.63) is 29.3 Å². The summed E-state index contributed by atoms with van der Waals surface area (Å²) in [5, 5.41) is 36.0. The van der Waals surface area contributed by atoms with Crippen LogP contribution in [0.15, 0.2) is 23.4 Å². The summed E-state index contributed by atoms with van der Waals surface area (Å²) in [6.07, 6.45) is -5.35. The summed E-state index contributed by atoms with van der Waals surface area (Å²) in [5.74, 6) is -0.868. The number of nitrogens with one attached hydrogen (secondary N) is 1. The maximum absolute atomic E-state index is 12.5. The Hall–Kier alpha value is -2.53. The monoisotopic (exact) mass is 393 g/mol. The smallest absolute Gasteiger partial charge is 0.280 e. The van der Waals surface area contributed by atoms with Crippen LogP contribution in [0, 0.1) is 6.92 Å². The molecule has 4 N–H and O–H groups in total. The fourth-order valence-electron chi connectivity index (χ4n) is 3.27. The van der Waals surface area contributed by atoms with E-state index in [1.165, 1.54) is 11.8 Å². The number of anilines is 1. The van der Waals surface area contributed by atoms with Crippen LogP contribution in [-0.2, 0) is 19.2 Å². The first-order valence-electron chi connectivity index (χ1n) is 8.77. The van der Waals surface area contributed by atoms with Gasteiger partial charge in [0.25, 0.3) is 5.91 Å². The number of likely N-dealkylation sites (N-methyl/N-ethyl adjacent to an activating group) is 1. The van der Waals surface area contributed by atoms with E-state index in [0.29, 0.717) is 11.3 Å². The van der Waals surface area contributed by atoms with Crippen molar-refractivity contribution in [1.82, 2.24) is 5.32 Å². The highest BCUT2D eigenvalue weighted by atomic mass is 16.8. The average molecular weight is 393 g/mol. The third kappa shape index (κ3) is 3.59. The van der Waals surface area contributed by atoms with Crippen molar-refractivity contribution in [2.75, 3.05) is 18.6 Å². The molecular weight excluding hydrogens is 370 g/mol. The first-order valence-corrected chi connectivity index (χ1v) is 8.77. The largest absolute Gasteiger partial charge is 0.394 e. The fraction of sp³-hybridized carbons (Fsp3) is 0.500. The summed E-state index contributed by atoms with van der Waals surface area (Å²) in [4.78, 5) is 30.8. The van der Waals surface area contributed by atoms with Gasteiger partial charge in [0.05, 0.1) is 12.3 Å². The number of aryl methyl sites for hydroxylation is 1. The van der Waals surface area contributed by atoms with E-state index in [1.807, 2.05) is 13.0 Å². The van der Waals surface area contributed by atoms with Gasteiger partial charge in [-0.3, -0.25) is 9.59 Å². The highest BCUT2D eigenvalue weighted by Gasteiger charge is 2.46. The van der Waals surface area contributed by atoms with Crippen molar-refractivity contribution < 1.29 is 34.5 Å². The molecule has 0 aliphatic carbocycles. The number of oxime groups is 1. The molecule has 0 spiro atoms. The lowest BCUT2D eigenvalue weighted by Gasteiger charge is -2.40. The van der Waals surface area contributed by atoms with Gasteiger partial charge < -0.3 is 35.1 Å². The summed E-state index contributed by atoms with van der Waals surface area (Å²) >= 11 is 0. The van der Waals surface area contributed by atoms with Crippen molar-refractivity contribution in [2.24, 2.45) is 5.16 Å². The molecule has 1 fully saturated rings. The number of aliphatic hydroxyl groups excluding tert-OH is 3. The number of carbonyl (C=O) groups is 2. The summed E-state index contributed by atoms with van der Waals surface area (Å²) in [5.41, 5.74) is 2.23. The Morgan fingerprint density at radius 3 is 2.71 bits per heavy atom. The lowest BCUT2D eigenvalue weighted by atomic mass is 9.97. The molecular formula is C18H23N3O7. The van der Waals surface area contributed by atoms with E-state index in [-0.39, 0.29) is 11.6 Å². The molecule has 152 valence electrons. The predicted molar refractivity (Wildman–Crippen MR) is 97.6 cm³/mol. The molecule has 2 heterocycles. The predicted octanol–water partition coefficient (Wildman–Crippen LogP) is -1.36. The lowest BCUT2D eigenvalue weighted by Crippen LogP contribution is -2.64. The number of benzene rings is 1. The van der Waals surface area contributed by atoms with Crippen LogP contribution >= 0.6 is 0 Å². The van der Waals surface area contributed by atoms with Crippen LogP contribution < -0.4 is 10.2 Å².